The number of ether oxygens (including phenoxy) is 1. The molecule has 1 aromatic heterocycles. The fraction of sp³-hybridized carbons (Fsp3) is 0.381. The van der Waals surface area contributed by atoms with Crippen LogP contribution in [0.1, 0.15) is 12.5 Å². The summed E-state index contributed by atoms with van der Waals surface area (Å²) in [6.07, 6.45) is 1.95. The van der Waals surface area contributed by atoms with Gasteiger partial charge in [0.15, 0.2) is 0 Å². The zero-order valence-electron chi connectivity index (χ0n) is 16.3. The van der Waals surface area contributed by atoms with E-state index in [2.05, 4.69) is 15.2 Å². The number of anilines is 1. The summed E-state index contributed by atoms with van der Waals surface area (Å²) in [5.74, 6) is 1.33. The number of rotatable bonds is 6. The summed E-state index contributed by atoms with van der Waals surface area (Å²) in [6, 6.07) is 12.6. The summed E-state index contributed by atoms with van der Waals surface area (Å²) in [5, 5.41) is 2.81. The van der Waals surface area contributed by atoms with Crippen LogP contribution in [0.3, 0.4) is 0 Å². The van der Waals surface area contributed by atoms with Crippen molar-refractivity contribution in [1.29, 1.82) is 0 Å². The third kappa shape index (κ3) is 4.79. The summed E-state index contributed by atoms with van der Waals surface area (Å²) in [5.41, 5.74) is 0.797. The van der Waals surface area contributed by atoms with Crippen molar-refractivity contribution in [2.24, 2.45) is 0 Å². The molecule has 2 amide bonds. The van der Waals surface area contributed by atoms with Gasteiger partial charge in [0.05, 0.1) is 13.5 Å². The van der Waals surface area contributed by atoms with Crippen LogP contribution in [0, 0.1) is 0 Å². The van der Waals surface area contributed by atoms with Crippen molar-refractivity contribution in [3.8, 4) is 5.75 Å². The summed E-state index contributed by atoms with van der Waals surface area (Å²) in [4.78, 5) is 33.4. The second-order valence-corrected chi connectivity index (χ2v) is 6.78. The second-order valence-electron chi connectivity index (χ2n) is 6.78. The summed E-state index contributed by atoms with van der Waals surface area (Å²) in [6.45, 7) is 4.41. The number of hydrogen-bond acceptors (Lipinski definition) is 5. The molecule has 1 aliphatic rings. The Balaban J connectivity index is 1.50. The van der Waals surface area contributed by atoms with Crippen molar-refractivity contribution in [2.75, 3.05) is 38.2 Å². The Kier molecular flexibility index (Phi) is 6.47. The van der Waals surface area contributed by atoms with Crippen LogP contribution in [0.5, 0.6) is 5.75 Å². The number of hydrogen-bond donors (Lipinski definition) is 1. The number of aromatic nitrogens is 1. The van der Waals surface area contributed by atoms with Crippen LogP contribution in [-0.4, -0.2) is 61.0 Å². The number of amides is 2. The lowest BCUT2D eigenvalue weighted by molar-refractivity contribution is -0.136. The molecular formula is C21H26N4O3. The first-order valence-corrected chi connectivity index (χ1v) is 9.44. The van der Waals surface area contributed by atoms with Gasteiger partial charge in [-0.25, -0.2) is 4.98 Å². The van der Waals surface area contributed by atoms with Crippen LogP contribution in [-0.2, 0) is 16.0 Å². The molecule has 1 saturated heterocycles. The zero-order valence-corrected chi connectivity index (χ0v) is 16.3. The summed E-state index contributed by atoms with van der Waals surface area (Å²) < 4.78 is 5.28. The van der Waals surface area contributed by atoms with Crippen LogP contribution in [0.4, 0.5) is 5.82 Å². The Hall–Kier alpha value is -3.09. The van der Waals surface area contributed by atoms with E-state index in [1.54, 1.807) is 25.1 Å². The number of piperazine rings is 1. The van der Waals surface area contributed by atoms with E-state index in [4.69, 9.17) is 4.74 Å². The van der Waals surface area contributed by atoms with Crippen molar-refractivity contribution >= 4 is 17.6 Å². The van der Waals surface area contributed by atoms with E-state index in [-0.39, 0.29) is 18.2 Å². The predicted octanol–water partition coefficient (Wildman–Crippen LogP) is 1.49. The molecule has 2 aromatic rings. The highest BCUT2D eigenvalue weighted by Crippen LogP contribution is 2.18. The fourth-order valence-corrected chi connectivity index (χ4v) is 3.35. The van der Waals surface area contributed by atoms with Gasteiger partial charge >= 0.3 is 0 Å². The molecule has 1 atom stereocenters. The average molecular weight is 382 g/mol. The molecule has 3 rings (SSSR count). The van der Waals surface area contributed by atoms with E-state index >= 15 is 0 Å². The molecule has 1 aromatic carbocycles. The van der Waals surface area contributed by atoms with Crippen LogP contribution in [0.2, 0.25) is 0 Å². The molecule has 1 fully saturated rings. The summed E-state index contributed by atoms with van der Waals surface area (Å²) >= 11 is 0. The second kappa shape index (κ2) is 9.21. The first-order chi connectivity index (χ1) is 13.6. The molecule has 1 aliphatic heterocycles. The van der Waals surface area contributed by atoms with Gasteiger partial charge in [-0.15, -0.1) is 0 Å². The topological polar surface area (TPSA) is 74.8 Å². The highest BCUT2D eigenvalue weighted by molar-refractivity contribution is 5.88. The molecule has 0 unspecified atom stereocenters. The Bertz CT molecular complexity index is 804. The normalized spacial score (nSPS) is 15.1. The largest absolute Gasteiger partial charge is 0.496 e. The number of pyridine rings is 1. The monoisotopic (exact) mass is 382 g/mol. The molecule has 0 aliphatic carbocycles. The van der Waals surface area contributed by atoms with Crippen molar-refractivity contribution in [3.05, 3.63) is 54.2 Å². The first-order valence-electron chi connectivity index (χ1n) is 9.44. The SMILES string of the molecule is COc1ccccc1CC(=O)N[C@H](C)C(=O)N1CCN(c2ccccn2)CC1. The quantitative estimate of drug-likeness (QED) is 0.819. The first kappa shape index (κ1) is 19.7. The maximum Gasteiger partial charge on any atom is 0.244 e. The van der Waals surface area contributed by atoms with E-state index in [0.717, 1.165) is 24.5 Å². The molecule has 2 heterocycles. The van der Waals surface area contributed by atoms with E-state index in [0.29, 0.717) is 18.8 Å². The molecule has 0 saturated carbocycles. The maximum absolute atomic E-state index is 12.7. The molecule has 7 heteroatoms. The van der Waals surface area contributed by atoms with Gasteiger partial charge in [-0.3, -0.25) is 9.59 Å². The van der Waals surface area contributed by atoms with Gasteiger partial charge in [-0.05, 0) is 25.1 Å². The minimum absolute atomic E-state index is 0.0611. The minimum atomic E-state index is -0.566. The molecule has 0 spiro atoms. The van der Waals surface area contributed by atoms with Gasteiger partial charge in [0.25, 0.3) is 0 Å². The predicted molar refractivity (Wildman–Crippen MR) is 107 cm³/mol. The van der Waals surface area contributed by atoms with Crippen molar-refractivity contribution in [3.63, 3.8) is 0 Å². The van der Waals surface area contributed by atoms with Crippen LogP contribution < -0.4 is 15.0 Å². The minimum Gasteiger partial charge on any atom is -0.496 e. The fourth-order valence-electron chi connectivity index (χ4n) is 3.35. The lowest BCUT2D eigenvalue weighted by Crippen LogP contribution is -2.54. The van der Waals surface area contributed by atoms with Gasteiger partial charge in [0.2, 0.25) is 11.8 Å². The molecule has 28 heavy (non-hydrogen) atoms. The third-order valence-corrected chi connectivity index (χ3v) is 4.86. The smallest absolute Gasteiger partial charge is 0.244 e. The summed E-state index contributed by atoms with van der Waals surface area (Å²) in [7, 11) is 1.58. The number of nitrogens with one attached hydrogen (secondary N) is 1. The lowest BCUT2D eigenvalue weighted by atomic mass is 10.1. The highest BCUT2D eigenvalue weighted by atomic mass is 16.5. The third-order valence-electron chi connectivity index (χ3n) is 4.86. The number of para-hydroxylation sites is 1. The van der Waals surface area contributed by atoms with Gasteiger partial charge in [-0.1, -0.05) is 24.3 Å². The van der Waals surface area contributed by atoms with Crippen LogP contribution in [0.15, 0.2) is 48.7 Å². The van der Waals surface area contributed by atoms with Crippen molar-refractivity contribution in [2.45, 2.75) is 19.4 Å². The molecule has 148 valence electrons. The van der Waals surface area contributed by atoms with Gasteiger partial charge < -0.3 is 19.9 Å². The number of methoxy groups -OCH3 is 1. The molecule has 1 N–H and O–H groups in total. The lowest BCUT2D eigenvalue weighted by Gasteiger charge is -2.36. The average Bonchev–Trinajstić information content (AvgIpc) is 2.74. The van der Waals surface area contributed by atoms with E-state index in [1.165, 1.54) is 0 Å². The Morgan fingerprint density at radius 1 is 1.11 bits per heavy atom. The number of nitrogens with zero attached hydrogens (tertiary/aromatic N) is 3. The van der Waals surface area contributed by atoms with Crippen LogP contribution in [0.25, 0.3) is 0 Å². The Morgan fingerprint density at radius 2 is 1.82 bits per heavy atom. The van der Waals surface area contributed by atoms with Crippen LogP contribution >= 0.6 is 0 Å². The Labute approximate surface area is 165 Å². The number of benzene rings is 1. The standard InChI is InChI=1S/C21H26N4O3/c1-16(23-20(26)15-17-7-3-4-8-18(17)28-2)21(27)25-13-11-24(12-14-25)19-9-5-6-10-22-19/h3-10,16H,11-15H2,1-2H3,(H,23,26)/t16-/m1/s1. The number of carbonyl (C=O) groups is 2. The Morgan fingerprint density at radius 3 is 2.50 bits per heavy atom. The molecule has 0 radical (unpaired) electrons. The highest BCUT2D eigenvalue weighted by Gasteiger charge is 2.26. The van der Waals surface area contributed by atoms with Crippen molar-refractivity contribution in [1.82, 2.24) is 15.2 Å². The number of carbonyl (C=O) groups excluding carboxylic acids is 2. The van der Waals surface area contributed by atoms with E-state index in [9.17, 15) is 9.59 Å². The van der Waals surface area contributed by atoms with Crippen molar-refractivity contribution < 1.29 is 14.3 Å². The molecular weight excluding hydrogens is 356 g/mol. The van der Waals surface area contributed by atoms with E-state index in [1.807, 2.05) is 42.5 Å². The zero-order chi connectivity index (χ0) is 19.9. The molecule has 7 nitrogen and oxygen atoms in total. The maximum atomic E-state index is 12.7. The van der Waals surface area contributed by atoms with Gasteiger partial charge in [-0.2, -0.15) is 0 Å². The molecule has 0 bridgehead atoms. The van der Waals surface area contributed by atoms with E-state index < -0.39 is 6.04 Å². The van der Waals surface area contributed by atoms with Gasteiger partial charge in [0, 0.05) is 37.9 Å². The van der Waals surface area contributed by atoms with Gasteiger partial charge in [0.1, 0.15) is 17.6 Å².